The summed E-state index contributed by atoms with van der Waals surface area (Å²) < 4.78 is 0. The van der Waals surface area contributed by atoms with E-state index in [2.05, 4.69) is 51.8 Å². The number of nitrogens with zero attached hydrogens (tertiary/aromatic N) is 3. The number of rotatable bonds is 3. The summed E-state index contributed by atoms with van der Waals surface area (Å²) in [7, 11) is 8.25. The Morgan fingerprint density at radius 1 is 1.00 bits per heavy atom. The van der Waals surface area contributed by atoms with E-state index in [9.17, 15) is 0 Å². The third-order valence-electron chi connectivity index (χ3n) is 4.14. The molecule has 0 spiro atoms. The third kappa shape index (κ3) is 4.18. The standard InChI is InChI=1S/C15H31N3/c1-15(2,13-10-8-7-9-11-13)12-16-14(17(3)4)18(5)6/h13H,7-12H2,1-6H3. The number of guanidine groups is 1. The van der Waals surface area contributed by atoms with Crippen LogP contribution in [0.15, 0.2) is 4.99 Å². The minimum Gasteiger partial charge on any atom is -0.349 e. The first-order valence-electron chi connectivity index (χ1n) is 7.23. The quantitative estimate of drug-likeness (QED) is 0.568. The zero-order chi connectivity index (χ0) is 13.8. The summed E-state index contributed by atoms with van der Waals surface area (Å²) in [6.45, 7) is 5.70. The molecule has 1 rings (SSSR count). The van der Waals surface area contributed by atoms with Gasteiger partial charge in [0.25, 0.3) is 0 Å². The summed E-state index contributed by atoms with van der Waals surface area (Å²) in [6, 6.07) is 0. The molecule has 3 nitrogen and oxygen atoms in total. The van der Waals surface area contributed by atoms with Crippen molar-refractivity contribution in [1.82, 2.24) is 9.80 Å². The molecule has 1 saturated carbocycles. The molecule has 0 aromatic rings. The molecule has 0 heterocycles. The number of hydrogen-bond donors (Lipinski definition) is 0. The first-order valence-corrected chi connectivity index (χ1v) is 7.23. The Kier molecular flexibility index (Phi) is 5.48. The zero-order valence-corrected chi connectivity index (χ0v) is 13.2. The van der Waals surface area contributed by atoms with Gasteiger partial charge >= 0.3 is 0 Å². The Morgan fingerprint density at radius 3 is 1.94 bits per heavy atom. The number of aliphatic imine (C=N–C) groups is 1. The summed E-state index contributed by atoms with van der Waals surface area (Å²) in [6.07, 6.45) is 7.03. The largest absolute Gasteiger partial charge is 0.349 e. The van der Waals surface area contributed by atoms with Crippen LogP contribution in [0.3, 0.4) is 0 Å². The maximum absolute atomic E-state index is 4.84. The highest BCUT2D eigenvalue weighted by molar-refractivity contribution is 5.79. The Hall–Kier alpha value is -0.730. The summed E-state index contributed by atoms with van der Waals surface area (Å²) in [4.78, 5) is 9.03. The molecule has 106 valence electrons. The predicted octanol–water partition coefficient (Wildman–Crippen LogP) is 3.07. The van der Waals surface area contributed by atoms with E-state index in [4.69, 9.17) is 4.99 Å². The van der Waals surface area contributed by atoms with E-state index in [0.717, 1.165) is 18.4 Å². The van der Waals surface area contributed by atoms with Gasteiger partial charge < -0.3 is 9.80 Å². The van der Waals surface area contributed by atoms with Crippen molar-refractivity contribution >= 4 is 5.96 Å². The fraction of sp³-hybridized carbons (Fsp3) is 0.933. The van der Waals surface area contributed by atoms with E-state index in [1.165, 1.54) is 32.1 Å². The molecule has 0 radical (unpaired) electrons. The Morgan fingerprint density at radius 2 is 1.50 bits per heavy atom. The molecular weight excluding hydrogens is 222 g/mol. The smallest absolute Gasteiger partial charge is 0.195 e. The zero-order valence-electron chi connectivity index (χ0n) is 13.2. The predicted molar refractivity (Wildman–Crippen MR) is 80.0 cm³/mol. The minimum atomic E-state index is 0.331. The van der Waals surface area contributed by atoms with Crippen molar-refractivity contribution in [2.45, 2.75) is 46.0 Å². The lowest BCUT2D eigenvalue weighted by atomic mass is 9.71. The summed E-state index contributed by atoms with van der Waals surface area (Å²) in [5, 5.41) is 0. The molecule has 1 fully saturated rings. The van der Waals surface area contributed by atoms with Crippen molar-refractivity contribution in [3.8, 4) is 0 Å². The lowest BCUT2D eigenvalue weighted by Crippen LogP contribution is -2.37. The van der Waals surface area contributed by atoms with Gasteiger partial charge in [0.05, 0.1) is 0 Å². The molecular formula is C15H31N3. The molecule has 3 heteroatoms. The monoisotopic (exact) mass is 253 g/mol. The topological polar surface area (TPSA) is 18.8 Å². The van der Waals surface area contributed by atoms with Gasteiger partial charge in [-0.3, -0.25) is 4.99 Å². The van der Waals surface area contributed by atoms with Gasteiger partial charge in [0, 0.05) is 34.7 Å². The highest BCUT2D eigenvalue weighted by Gasteiger charge is 2.30. The lowest BCUT2D eigenvalue weighted by Gasteiger charge is -2.36. The first kappa shape index (κ1) is 15.3. The average Bonchev–Trinajstić information content (AvgIpc) is 2.29. The molecule has 0 saturated heterocycles. The van der Waals surface area contributed by atoms with E-state index in [-0.39, 0.29) is 0 Å². The minimum absolute atomic E-state index is 0.331. The van der Waals surface area contributed by atoms with E-state index >= 15 is 0 Å². The van der Waals surface area contributed by atoms with Gasteiger partial charge in [-0.15, -0.1) is 0 Å². The summed E-state index contributed by atoms with van der Waals surface area (Å²) >= 11 is 0. The Bertz CT molecular complexity index is 263. The maximum atomic E-state index is 4.84. The van der Waals surface area contributed by atoms with Gasteiger partial charge in [-0.2, -0.15) is 0 Å². The molecule has 0 unspecified atom stereocenters. The Balaban J connectivity index is 2.65. The van der Waals surface area contributed by atoms with Gasteiger partial charge in [-0.25, -0.2) is 0 Å². The second-order valence-electron chi connectivity index (χ2n) is 6.73. The summed E-state index contributed by atoms with van der Waals surface area (Å²) in [5.74, 6) is 1.92. The highest BCUT2D eigenvalue weighted by atomic mass is 15.3. The van der Waals surface area contributed by atoms with E-state index < -0.39 is 0 Å². The van der Waals surface area contributed by atoms with Crippen molar-refractivity contribution < 1.29 is 0 Å². The van der Waals surface area contributed by atoms with Crippen LogP contribution >= 0.6 is 0 Å². The van der Waals surface area contributed by atoms with E-state index in [1.807, 2.05) is 0 Å². The second kappa shape index (κ2) is 6.44. The van der Waals surface area contributed by atoms with Gasteiger partial charge in [-0.05, 0) is 24.2 Å². The van der Waals surface area contributed by atoms with E-state index in [0.29, 0.717) is 5.41 Å². The fourth-order valence-electron chi connectivity index (χ4n) is 2.97. The summed E-state index contributed by atoms with van der Waals surface area (Å²) in [5.41, 5.74) is 0.331. The fourth-order valence-corrected chi connectivity index (χ4v) is 2.97. The van der Waals surface area contributed by atoms with Gasteiger partial charge in [0.1, 0.15) is 0 Å². The molecule has 0 aliphatic heterocycles. The first-order chi connectivity index (χ1) is 8.34. The Labute approximate surface area is 113 Å². The molecule has 0 aromatic heterocycles. The van der Waals surface area contributed by atoms with Gasteiger partial charge in [0.2, 0.25) is 0 Å². The van der Waals surface area contributed by atoms with Crippen LogP contribution in [0.4, 0.5) is 0 Å². The average molecular weight is 253 g/mol. The maximum Gasteiger partial charge on any atom is 0.195 e. The molecule has 0 bridgehead atoms. The van der Waals surface area contributed by atoms with Crippen LogP contribution in [0, 0.1) is 11.3 Å². The SMILES string of the molecule is CN(C)C(=NCC(C)(C)C1CCCCC1)N(C)C. The molecule has 0 atom stereocenters. The molecule has 1 aliphatic rings. The van der Waals surface area contributed by atoms with Crippen LogP contribution in [0.2, 0.25) is 0 Å². The molecule has 18 heavy (non-hydrogen) atoms. The molecule has 1 aliphatic carbocycles. The van der Waals surface area contributed by atoms with Crippen LogP contribution < -0.4 is 0 Å². The van der Waals surface area contributed by atoms with Crippen molar-refractivity contribution in [3.05, 3.63) is 0 Å². The van der Waals surface area contributed by atoms with Crippen molar-refractivity contribution in [2.75, 3.05) is 34.7 Å². The lowest BCUT2D eigenvalue weighted by molar-refractivity contribution is 0.166. The van der Waals surface area contributed by atoms with Crippen molar-refractivity contribution in [1.29, 1.82) is 0 Å². The second-order valence-corrected chi connectivity index (χ2v) is 6.73. The van der Waals surface area contributed by atoms with Crippen LogP contribution in [0.25, 0.3) is 0 Å². The van der Waals surface area contributed by atoms with Crippen LogP contribution in [0.5, 0.6) is 0 Å². The normalized spacial score (nSPS) is 17.4. The number of hydrogen-bond acceptors (Lipinski definition) is 1. The third-order valence-corrected chi connectivity index (χ3v) is 4.14. The van der Waals surface area contributed by atoms with Crippen LogP contribution in [-0.4, -0.2) is 50.5 Å². The van der Waals surface area contributed by atoms with Crippen molar-refractivity contribution in [2.24, 2.45) is 16.3 Å². The van der Waals surface area contributed by atoms with Crippen molar-refractivity contribution in [3.63, 3.8) is 0 Å². The highest BCUT2D eigenvalue weighted by Crippen LogP contribution is 2.38. The molecule has 0 aromatic carbocycles. The van der Waals surface area contributed by atoms with Gasteiger partial charge in [-0.1, -0.05) is 33.1 Å². The van der Waals surface area contributed by atoms with E-state index in [1.54, 1.807) is 0 Å². The molecule has 0 amide bonds. The van der Waals surface area contributed by atoms with Gasteiger partial charge in [0.15, 0.2) is 5.96 Å². The van der Waals surface area contributed by atoms with Crippen LogP contribution in [0.1, 0.15) is 46.0 Å². The molecule has 0 N–H and O–H groups in total. The van der Waals surface area contributed by atoms with Crippen LogP contribution in [-0.2, 0) is 0 Å².